The molecule has 98 valence electrons. The molecule has 0 aromatic heterocycles. The van der Waals surface area contributed by atoms with Crippen molar-refractivity contribution in [3.63, 3.8) is 0 Å². The van der Waals surface area contributed by atoms with E-state index in [1.165, 1.54) is 0 Å². The molecule has 0 bridgehead atoms. The smallest absolute Gasteiger partial charge is 0.275 e. The van der Waals surface area contributed by atoms with Crippen LogP contribution in [0.2, 0.25) is 0 Å². The van der Waals surface area contributed by atoms with E-state index in [0.29, 0.717) is 16.8 Å². The van der Waals surface area contributed by atoms with Crippen molar-refractivity contribution in [2.45, 2.75) is 6.18 Å². The molecule has 0 aliphatic carbocycles. The number of aliphatic imine (C=N–C) groups is 1. The minimum Gasteiger partial charge on any atom is -0.275 e. The van der Waals surface area contributed by atoms with Crippen LogP contribution in [0.1, 0.15) is 11.1 Å². The van der Waals surface area contributed by atoms with Crippen LogP contribution in [0.4, 0.5) is 13.2 Å². The zero-order valence-electron chi connectivity index (χ0n) is 10.1. The maximum atomic E-state index is 12.3. The second-order valence-corrected chi connectivity index (χ2v) is 4.01. The van der Waals surface area contributed by atoms with Gasteiger partial charge in [-0.15, -0.1) is 0 Å². The first-order chi connectivity index (χ1) is 9.06. The van der Waals surface area contributed by atoms with Crippen molar-refractivity contribution in [1.82, 2.24) is 0 Å². The number of nitrogens with zero attached hydrogens (tertiary/aromatic N) is 1. The summed E-state index contributed by atoms with van der Waals surface area (Å²) in [6.07, 6.45) is -4.30. The molecule has 2 aromatic carbocycles. The summed E-state index contributed by atoms with van der Waals surface area (Å²) in [5.74, 6) is 0. The van der Waals surface area contributed by atoms with Gasteiger partial charge in [0, 0.05) is 11.1 Å². The lowest BCUT2D eigenvalue weighted by atomic mass is 10.0. The Hall–Kier alpha value is -2.10. The predicted molar refractivity (Wildman–Crippen MR) is 69.4 cm³/mol. The number of hydrogen-bond acceptors (Lipinski definition) is 1. The molecule has 0 aliphatic rings. The van der Waals surface area contributed by atoms with Gasteiger partial charge in [-0.25, -0.2) is 0 Å². The van der Waals surface area contributed by atoms with Gasteiger partial charge in [0.1, 0.15) is 6.54 Å². The molecule has 1 nitrogen and oxygen atoms in total. The Morgan fingerprint density at radius 2 is 1.21 bits per heavy atom. The summed E-state index contributed by atoms with van der Waals surface area (Å²) in [5, 5.41) is 0. The van der Waals surface area contributed by atoms with Crippen molar-refractivity contribution in [3.8, 4) is 0 Å². The highest BCUT2D eigenvalue weighted by Crippen LogP contribution is 2.17. The molecule has 4 heteroatoms. The molecule has 19 heavy (non-hydrogen) atoms. The summed E-state index contributed by atoms with van der Waals surface area (Å²) in [6.45, 7) is -1.17. The van der Waals surface area contributed by atoms with Crippen LogP contribution in [0.25, 0.3) is 0 Å². The summed E-state index contributed by atoms with van der Waals surface area (Å²) < 4.78 is 37.0. The van der Waals surface area contributed by atoms with Gasteiger partial charge in [0.25, 0.3) is 0 Å². The first-order valence-electron chi connectivity index (χ1n) is 5.78. The fraction of sp³-hybridized carbons (Fsp3) is 0.133. The molecule has 2 rings (SSSR count). The largest absolute Gasteiger partial charge is 0.407 e. The van der Waals surface area contributed by atoms with Crippen molar-refractivity contribution in [2.75, 3.05) is 6.54 Å². The third kappa shape index (κ3) is 3.95. The van der Waals surface area contributed by atoms with Crippen LogP contribution in [0.3, 0.4) is 0 Å². The highest BCUT2D eigenvalue weighted by molar-refractivity contribution is 6.12. The lowest BCUT2D eigenvalue weighted by molar-refractivity contribution is -0.118. The van der Waals surface area contributed by atoms with Gasteiger partial charge in [0.15, 0.2) is 0 Å². The number of rotatable bonds is 3. The Labute approximate surface area is 109 Å². The molecule has 0 aliphatic heterocycles. The van der Waals surface area contributed by atoms with Crippen molar-refractivity contribution < 1.29 is 13.2 Å². The van der Waals surface area contributed by atoms with E-state index in [4.69, 9.17) is 0 Å². The molecule has 0 unspecified atom stereocenters. The van der Waals surface area contributed by atoms with Crippen LogP contribution in [0, 0.1) is 0 Å². The number of halogens is 3. The Balaban J connectivity index is 2.40. The molecule has 0 fully saturated rings. The van der Waals surface area contributed by atoms with E-state index in [1.54, 1.807) is 48.5 Å². The second-order valence-electron chi connectivity index (χ2n) is 4.01. The zero-order chi connectivity index (χ0) is 13.7. The first kappa shape index (κ1) is 13.3. The van der Waals surface area contributed by atoms with Gasteiger partial charge in [-0.1, -0.05) is 60.7 Å². The third-order valence-electron chi connectivity index (χ3n) is 2.51. The number of alkyl halides is 3. The van der Waals surface area contributed by atoms with Crippen molar-refractivity contribution in [2.24, 2.45) is 4.99 Å². The molecule has 0 radical (unpaired) electrons. The summed E-state index contributed by atoms with van der Waals surface area (Å²) >= 11 is 0. The minimum atomic E-state index is -4.30. The quantitative estimate of drug-likeness (QED) is 0.740. The van der Waals surface area contributed by atoms with E-state index < -0.39 is 12.7 Å². The summed E-state index contributed by atoms with van der Waals surface area (Å²) in [6, 6.07) is 17.8. The van der Waals surface area contributed by atoms with E-state index in [-0.39, 0.29) is 0 Å². The Kier molecular flexibility index (Phi) is 4.00. The highest BCUT2D eigenvalue weighted by Gasteiger charge is 2.26. The number of benzene rings is 2. The standard InChI is InChI=1S/C15H12F3N/c16-15(17,18)11-19-14(12-7-3-1-4-8-12)13-9-5-2-6-10-13/h1-10H,11H2. The van der Waals surface area contributed by atoms with Crippen molar-refractivity contribution in [1.29, 1.82) is 0 Å². The molecule has 0 amide bonds. The van der Waals surface area contributed by atoms with Gasteiger partial charge in [0.2, 0.25) is 0 Å². The maximum Gasteiger partial charge on any atom is 0.407 e. The van der Waals surface area contributed by atoms with Crippen molar-refractivity contribution in [3.05, 3.63) is 71.8 Å². The van der Waals surface area contributed by atoms with Crippen LogP contribution in [-0.2, 0) is 0 Å². The Morgan fingerprint density at radius 3 is 1.58 bits per heavy atom. The third-order valence-corrected chi connectivity index (χ3v) is 2.51. The highest BCUT2D eigenvalue weighted by atomic mass is 19.4. The number of hydrogen-bond donors (Lipinski definition) is 0. The topological polar surface area (TPSA) is 12.4 Å². The van der Waals surface area contributed by atoms with Gasteiger partial charge >= 0.3 is 6.18 Å². The fourth-order valence-electron chi connectivity index (χ4n) is 1.71. The van der Waals surface area contributed by atoms with Gasteiger partial charge < -0.3 is 0 Å². The van der Waals surface area contributed by atoms with Gasteiger partial charge in [-0.05, 0) is 0 Å². The molecular formula is C15H12F3N. The van der Waals surface area contributed by atoms with Gasteiger partial charge in [-0.3, -0.25) is 4.99 Å². The maximum absolute atomic E-state index is 12.3. The zero-order valence-corrected chi connectivity index (χ0v) is 10.1. The molecule has 0 N–H and O–H groups in total. The van der Waals surface area contributed by atoms with Gasteiger partial charge in [-0.2, -0.15) is 13.2 Å². The molecule has 0 saturated heterocycles. The predicted octanol–water partition coefficient (Wildman–Crippen LogP) is 4.09. The van der Waals surface area contributed by atoms with E-state index in [0.717, 1.165) is 0 Å². The van der Waals surface area contributed by atoms with Crippen LogP contribution in [-0.4, -0.2) is 18.4 Å². The van der Waals surface area contributed by atoms with Crippen LogP contribution < -0.4 is 0 Å². The lowest BCUT2D eigenvalue weighted by Crippen LogP contribution is -2.15. The van der Waals surface area contributed by atoms with E-state index in [2.05, 4.69) is 4.99 Å². The summed E-state index contributed by atoms with van der Waals surface area (Å²) in [4.78, 5) is 3.73. The molecule has 0 atom stereocenters. The normalized spacial score (nSPS) is 11.1. The van der Waals surface area contributed by atoms with Crippen LogP contribution >= 0.6 is 0 Å². The SMILES string of the molecule is FC(F)(F)CN=C(c1ccccc1)c1ccccc1. The van der Waals surface area contributed by atoms with E-state index >= 15 is 0 Å². The average molecular weight is 263 g/mol. The minimum absolute atomic E-state index is 0.360. The monoisotopic (exact) mass is 263 g/mol. The Morgan fingerprint density at radius 1 is 0.789 bits per heavy atom. The first-order valence-corrected chi connectivity index (χ1v) is 5.78. The molecule has 0 spiro atoms. The second kappa shape index (κ2) is 5.69. The lowest BCUT2D eigenvalue weighted by Gasteiger charge is -2.09. The Bertz CT molecular complexity index is 503. The van der Waals surface area contributed by atoms with E-state index in [1.807, 2.05) is 12.1 Å². The molecule has 0 heterocycles. The molecule has 0 saturated carbocycles. The molecular weight excluding hydrogens is 251 g/mol. The van der Waals surface area contributed by atoms with Crippen molar-refractivity contribution >= 4 is 5.71 Å². The summed E-state index contributed by atoms with van der Waals surface area (Å²) in [5.41, 5.74) is 1.72. The van der Waals surface area contributed by atoms with E-state index in [9.17, 15) is 13.2 Å². The summed E-state index contributed by atoms with van der Waals surface area (Å²) in [7, 11) is 0. The van der Waals surface area contributed by atoms with Crippen LogP contribution in [0.15, 0.2) is 65.7 Å². The average Bonchev–Trinajstić information content (AvgIpc) is 2.40. The van der Waals surface area contributed by atoms with Crippen LogP contribution in [0.5, 0.6) is 0 Å². The van der Waals surface area contributed by atoms with Gasteiger partial charge in [0.05, 0.1) is 5.71 Å². The fourth-order valence-corrected chi connectivity index (χ4v) is 1.71. The molecule has 2 aromatic rings.